The summed E-state index contributed by atoms with van der Waals surface area (Å²) in [5.41, 5.74) is 8.31. The van der Waals surface area contributed by atoms with Crippen LogP contribution >= 0.6 is 27.5 Å². The highest BCUT2D eigenvalue weighted by Crippen LogP contribution is 2.35. The van der Waals surface area contributed by atoms with E-state index in [4.69, 9.17) is 22.1 Å². The summed E-state index contributed by atoms with van der Waals surface area (Å²) in [6.45, 7) is 1.87. The lowest BCUT2D eigenvalue weighted by atomic mass is 10.2. The second kappa shape index (κ2) is 5.89. The van der Waals surface area contributed by atoms with Crippen LogP contribution < -0.4 is 15.8 Å². The molecule has 0 radical (unpaired) electrons. The third kappa shape index (κ3) is 2.99. The molecule has 3 nitrogen and oxygen atoms in total. The van der Waals surface area contributed by atoms with Crippen molar-refractivity contribution in [3.05, 3.63) is 45.1 Å². The fourth-order valence-corrected chi connectivity index (χ4v) is 2.26. The van der Waals surface area contributed by atoms with E-state index in [1.807, 2.05) is 13.0 Å². The molecule has 0 aliphatic heterocycles. The van der Waals surface area contributed by atoms with Gasteiger partial charge in [-0.1, -0.05) is 11.6 Å². The van der Waals surface area contributed by atoms with Crippen molar-refractivity contribution in [3.8, 4) is 5.75 Å². The molecule has 0 aliphatic carbocycles. The summed E-state index contributed by atoms with van der Waals surface area (Å²) in [6.07, 6.45) is 0. The third-order valence-electron chi connectivity index (χ3n) is 2.84. The number of methoxy groups -OCH3 is 1. The number of anilines is 3. The van der Waals surface area contributed by atoms with Crippen LogP contribution in [0.25, 0.3) is 0 Å². The van der Waals surface area contributed by atoms with E-state index in [-0.39, 0.29) is 0 Å². The maximum Gasteiger partial charge on any atom is 0.143 e. The van der Waals surface area contributed by atoms with Gasteiger partial charge in [0.25, 0.3) is 0 Å². The maximum absolute atomic E-state index is 13.6. The lowest BCUT2D eigenvalue weighted by molar-refractivity contribution is 0.417. The molecule has 0 saturated carbocycles. The Morgan fingerprint density at radius 2 is 1.95 bits per heavy atom. The molecule has 0 aromatic heterocycles. The number of halogens is 3. The molecule has 0 bridgehead atoms. The second-order valence-electron chi connectivity index (χ2n) is 4.28. The zero-order valence-corrected chi connectivity index (χ0v) is 13.3. The molecule has 2 rings (SSSR count). The number of hydrogen-bond donors (Lipinski definition) is 2. The van der Waals surface area contributed by atoms with Crippen molar-refractivity contribution in [1.82, 2.24) is 0 Å². The van der Waals surface area contributed by atoms with Gasteiger partial charge in [-0.15, -0.1) is 0 Å². The molecule has 0 aliphatic rings. The van der Waals surface area contributed by atoms with E-state index in [1.54, 1.807) is 6.07 Å². The summed E-state index contributed by atoms with van der Waals surface area (Å²) in [5.74, 6) is 0.162. The summed E-state index contributed by atoms with van der Waals surface area (Å²) in [6, 6.07) is 6.35. The lowest BCUT2D eigenvalue weighted by Crippen LogP contribution is -2.00. The number of nitrogens with one attached hydrogen (secondary N) is 1. The molecular formula is C14H13BrClFN2O. The summed E-state index contributed by atoms with van der Waals surface area (Å²) in [4.78, 5) is 0. The maximum atomic E-state index is 13.6. The standard InChI is InChI=1S/C14H13BrClFN2O/c1-7-3-13(14(20-2)5-9(7)16)19-12-6-10(17)8(15)4-11(12)18/h3-6,19H,18H2,1-2H3. The Morgan fingerprint density at radius 3 is 2.60 bits per heavy atom. The summed E-state index contributed by atoms with van der Waals surface area (Å²) in [7, 11) is 1.54. The molecule has 0 atom stereocenters. The van der Waals surface area contributed by atoms with Gasteiger partial charge in [0.2, 0.25) is 0 Å². The number of benzene rings is 2. The number of hydrogen-bond acceptors (Lipinski definition) is 3. The molecule has 0 fully saturated rings. The molecule has 0 amide bonds. The third-order valence-corrected chi connectivity index (χ3v) is 3.86. The van der Waals surface area contributed by atoms with Crippen molar-refractivity contribution in [2.45, 2.75) is 6.92 Å². The zero-order valence-electron chi connectivity index (χ0n) is 10.9. The molecular weight excluding hydrogens is 347 g/mol. The molecule has 2 aromatic rings. The number of nitrogen functional groups attached to an aromatic ring is 1. The number of nitrogens with two attached hydrogens (primary N) is 1. The molecule has 2 aromatic carbocycles. The van der Waals surface area contributed by atoms with Crippen LogP contribution in [0.1, 0.15) is 5.56 Å². The molecule has 0 heterocycles. The minimum absolute atomic E-state index is 0.319. The Morgan fingerprint density at radius 1 is 1.25 bits per heavy atom. The van der Waals surface area contributed by atoms with Gasteiger partial charge < -0.3 is 15.8 Å². The van der Waals surface area contributed by atoms with Gasteiger partial charge in [0, 0.05) is 17.2 Å². The lowest BCUT2D eigenvalue weighted by Gasteiger charge is -2.15. The van der Waals surface area contributed by atoms with Gasteiger partial charge in [0.1, 0.15) is 11.6 Å². The van der Waals surface area contributed by atoms with Crippen molar-refractivity contribution < 1.29 is 9.13 Å². The van der Waals surface area contributed by atoms with E-state index < -0.39 is 5.82 Å². The summed E-state index contributed by atoms with van der Waals surface area (Å²) in [5, 5.41) is 3.66. The van der Waals surface area contributed by atoms with E-state index in [2.05, 4.69) is 21.2 Å². The van der Waals surface area contributed by atoms with Crippen LogP contribution in [-0.2, 0) is 0 Å². The van der Waals surface area contributed by atoms with E-state index in [0.717, 1.165) is 5.56 Å². The first-order valence-corrected chi connectivity index (χ1v) is 6.95. The predicted octanol–water partition coefficient (Wildman–Crippen LogP) is 4.88. The van der Waals surface area contributed by atoms with Gasteiger partial charge in [-0.05, 0) is 40.5 Å². The summed E-state index contributed by atoms with van der Waals surface area (Å²) < 4.78 is 19.2. The first-order chi connectivity index (χ1) is 9.42. The first-order valence-electron chi connectivity index (χ1n) is 5.78. The fourth-order valence-electron chi connectivity index (χ4n) is 1.75. The monoisotopic (exact) mass is 358 g/mol. The van der Waals surface area contributed by atoms with Crippen LogP contribution in [0.2, 0.25) is 5.02 Å². The van der Waals surface area contributed by atoms with E-state index >= 15 is 0 Å². The van der Waals surface area contributed by atoms with Gasteiger partial charge in [-0.25, -0.2) is 4.39 Å². The van der Waals surface area contributed by atoms with Crippen LogP contribution in [0.3, 0.4) is 0 Å². The highest BCUT2D eigenvalue weighted by Gasteiger charge is 2.11. The quantitative estimate of drug-likeness (QED) is 0.768. The SMILES string of the molecule is COc1cc(Cl)c(C)cc1Nc1cc(F)c(Br)cc1N. The fraction of sp³-hybridized carbons (Fsp3) is 0.143. The van der Waals surface area contributed by atoms with Crippen molar-refractivity contribution in [2.75, 3.05) is 18.2 Å². The van der Waals surface area contributed by atoms with E-state index in [1.165, 1.54) is 19.2 Å². The first kappa shape index (κ1) is 14.9. The highest BCUT2D eigenvalue weighted by molar-refractivity contribution is 9.10. The van der Waals surface area contributed by atoms with Gasteiger partial charge in [0.05, 0.1) is 28.6 Å². The smallest absolute Gasteiger partial charge is 0.143 e. The van der Waals surface area contributed by atoms with Crippen LogP contribution in [0.5, 0.6) is 5.75 Å². The molecule has 0 unspecified atom stereocenters. The topological polar surface area (TPSA) is 47.3 Å². The largest absolute Gasteiger partial charge is 0.495 e. The predicted molar refractivity (Wildman–Crippen MR) is 84.5 cm³/mol. The zero-order chi connectivity index (χ0) is 14.9. The van der Waals surface area contributed by atoms with E-state index in [0.29, 0.717) is 32.3 Å². The molecule has 20 heavy (non-hydrogen) atoms. The van der Waals surface area contributed by atoms with Crippen molar-refractivity contribution >= 4 is 44.6 Å². The Bertz CT molecular complexity index is 664. The molecule has 0 saturated heterocycles. The Kier molecular flexibility index (Phi) is 4.40. The second-order valence-corrected chi connectivity index (χ2v) is 5.54. The van der Waals surface area contributed by atoms with Gasteiger partial charge in [-0.2, -0.15) is 0 Å². The van der Waals surface area contributed by atoms with Gasteiger partial charge >= 0.3 is 0 Å². The Hall–Kier alpha value is -1.46. The average Bonchev–Trinajstić information content (AvgIpc) is 2.39. The minimum atomic E-state index is -0.397. The van der Waals surface area contributed by atoms with Gasteiger partial charge in [0.15, 0.2) is 0 Å². The van der Waals surface area contributed by atoms with Crippen LogP contribution in [0, 0.1) is 12.7 Å². The van der Waals surface area contributed by atoms with Crippen molar-refractivity contribution in [3.63, 3.8) is 0 Å². The number of ether oxygens (including phenoxy) is 1. The Balaban J connectivity index is 2.44. The molecule has 106 valence electrons. The average molecular weight is 360 g/mol. The number of rotatable bonds is 3. The van der Waals surface area contributed by atoms with E-state index in [9.17, 15) is 4.39 Å². The highest BCUT2D eigenvalue weighted by atomic mass is 79.9. The van der Waals surface area contributed by atoms with Crippen LogP contribution in [-0.4, -0.2) is 7.11 Å². The van der Waals surface area contributed by atoms with Crippen LogP contribution in [0.4, 0.5) is 21.5 Å². The van der Waals surface area contributed by atoms with Gasteiger partial charge in [-0.3, -0.25) is 0 Å². The molecule has 6 heteroatoms. The normalized spacial score (nSPS) is 10.4. The Labute approximate surface area is 130 Å². The summed E-state index contributed by atoms with van der Waals surface area (Å²) >= 11 is 9.14. The molecule has 3 N–H and O–H groups in total. The number of aryl methyl sites for hydroxylation is 1. The minimum Gasteiger partial charge on any atom is -0.495 e. The van der Waals surface area contributed by atoms with Crippen LogP contribution in [0.15, 0.2) is 28.7 Å². The van der Waals surface area contributed by atoms with Crippen molar-refractivity contribution in [2.24, 2.45) is 0 Å². The van der Waals surface area contributed by atoms with Crippen molar-refractivity contribution in [1.29, 1.82) is 0 Å². The molecule has 0 spiro atoms.